The fourth-order valence-corrected chi connectivity index (χ4v) is 3.92. The largest absolute Gasteiger partial charge is 0.376 e. The third-order valence-corrected chi connectivity index (χ3v) is 5.40. The van der Waals surface area contributed by atoms with Gasteiger partial charge < -0.3 is 19.9 Å². The highest BCUT2D eigenvalue weighted by atomic mass is 127. The Morgan fingerprint density at radius 2 is 1.96 bits per heavy atom. The van der Waals surface area contributed by atoms with E-state index in [-0.39, 0.29) is 24.0 Å². The predicted octanol–water partition coefficient (Wildman–Crippen LogP) is 3.20. The molecule has 5 nitrogen and oxygen atoms in total. The number of nitrogens with one attached hydrogen (secondary N) is 1. The summed E-state index contributed by atoms with van der Waals surface area (Å²) in [6.45, 7) is 8.44. The van der Waals surface area contributed by atoms with Crippen LogP contribution in [0.2, 0.25) is 0 Å². The van der Waals surface area contributed by atoms with Gasteiger partial charge in [-0.25, -0.2) is 0 Å². The van der Waals surface area contributed by atoms with Gasteiger partial charge in [-0.3, -0.25) is 4.99 Å². The zero-order valence-corrected chi connectivity index (χ0v) is 18.9. The van der Waals surface area contributed by atoms with Crippen LogP contribution in [-0.2, 0) is 11.3 Å². The second-order valence-corrected chi connectivity index (χ2v) is 7.48. The lowest BCUT2D eigenvalue weighted by Crippen LogP contribution is -2.41. The Bertz CT molecular complexity index is 548. The van der Waals surface area contributed by atoms with E-state index in [1.807, 2.05) is 13.1 Å². The first-order valence-electron chi connectivity index (χ1n) is 10.1. The maximum Gasteiger partial charge on any atom is 0.193 e. The van der Waals surface area contributed by atoms with Crippen LogP contribution in [0.15, 0.2) is 35.3 Å². The van der Waals surface area contributed by atoms with Crippen molar-refractivity contribution >= 4 is 29.9 Å². The molecule has 0 amide bonds. The lowest BCUT2D eigenvalue weighted by Gasteiger charge is -2.22. The van der Waals surface area contributed by atoms with Crippen LogP contribution in [0, 0.1) is 5.92 Å². The summed E-state index contributed by atoms with van der Waals surface area (Å²) in [4.78, 5) is 9.43. The minimum absolute atomic E-state index is 0. The minimum Gasteiger partial charge on any atom is -0.376 e. The van der Waals surface area contributed by atoms with Crippen LogP contribution < -0.4 is 5.32 Å². The maximum absolute atomic E-state index is 5.93. The Morgan fingerprint density at radius 3 is 2.70 bits per heavy atom. The summed E-state index contributed by atoms with van der Waals surface area (Å²) in [5.74, 6) is 1.65. The molecule has 2 heterocycles. The van der Waals surface area contributed by atoms with Gasteiger partial charge in [0.05, 0.1) is 13.2 Å². The van der Waals surface area contributed by atoms with Crippen LogP contribution in [0.5, 0.6) is 0 Å². The molecule has 2 saturated heterocycles. The van der Waals surface area contributed by atoms with Gasteiger partial charge in [0, 0.05) is 32.6 Å². The number of aliphatic imine (C=N–C) groups is 1. The average molecular weight is 486 g/mol. The summed E-state index contributed by atoms with van der Waals surface area (Å²) >= 11 is 0. The fraction of sp³-hybridized carbons (Fsp3) is 0.667. The molecule has 2 fully saturated rings. The number of rotatable bonds is 8. The first kappa shape index (κ1) is 22.4. The second-order valence-electron chi connectivity index (χ2n) is 7.48. The predicted molar refractivity (Wildman–Crippen MR) is 123 cm³/mol. The molecule has 2 aliphatic rings. The average Bonchev–Trinajstić information content (AvgIpc) is 3.35. The van der Waals surface area contributed by atoms with Gasteiger partial charge in [0.15, 0.2) is 5.96 Å². The molecular weight excluding hydrogens is 451 g/mol. The summed E-state index contributed by atoms with van der Waals surface area (Å²) in [7, 11) is 1.89. The van der Waals surface area contributed by atoms with Gasteiger partial charge in [0.2, 0.25) is 0 Å². The molecule has 0 aromatic heterocycles. The summed E-state index contributed by atoms with van der Waals surface area (Å²) in [6.07, 6.45) is 5.12. The third-order valence-electron chi connectivity index (χ3n) is 5.40. The van der Waals surface area contributed by atoms with Crippen LogP contribution in [0.1, 0.15) is 31.2 Å². The quantitative estimate of drug-likeness (QED) is 0.265. The molecule has 3 rings (SSSR count). The highest BCUT2D eigenvalue weighted by Gasteiger charge is 2.24. The number of hydrogen-bond acceptors (Lipinski definition) is 3. The smallest absolute Gasteiger partial charge is 0.193 e. The van der Waals surface area contributed by atoms with Gasteiger partial charge in [-0.2, -0.15) is 0 Å². The van der Waals surface area contributed by atoms with E-state index < -0.39 is 0 Å². The van der Waals surface area contributed by atoms with Gasteiger partial charge in [-0.05, 0) is 50.9 Å². The van der Waals surface area contributed by atoms with Crippen LogP contribution in [0.4, 0.5) is 0 Å². The lowest BCUT2D eigenvalue weighted by molar-refractivity contribution is 0.0907. The summed E-state index contributed by atoms with van der Waals surface area (Å²) in [5.41, 5.74) is 1.25. The molecule has 2 aliphatic heterocycles. The number of halogens is 1. The monoisotopic (exact) mass is 486 g/mol. The Labute approximate surface area is 181 Å². The van der Waals surface area contributed by atoms with Crippen molar-refractivity contribution in [3.63, 3.8) is 0 Å². The van der Waals surface area contributed by atoms with E-state index in [9.17, 15) is 0 Å². The Morgan fingerprint density at radius 1 is 1.19 bits per heavy atom. The van der Waals surface area contributed by atoms with Crippen LogP contribution >= 0.6 is 24.0 Å². The minimum atomic E-state index is 0. The Kier molecular flexibility index (Phi) is 10.4. The van der Waals surface area contributed by atoms with E-state index in [4.69, 9.17) is 4.74 Å². The molecule has 27 heavy (non-hydrogen) atoms. The van der Waals surface area contributed by atoms with Crippen molar-refractivity contribution in [2.45, 2.75) is 32.3 Å². The maximum atomic E-state index is 5.93. The molecule has 0 spiro atoms. The molecule has 1 unspecified atom stereocenters. The number of nitrogens with zero attached hydrogens (tertiary/aromatic N) is 3. The standard InChI is InChI=1S/C21H34N4O.HI/c1-22-21(23-11-7-14-24-12-5-6-13-24)25-15-10-20(16-25)18-26-17-19-8-3-2-4-9-19;/h2-4,8-9,20H,5-7,10-18H2,1H3,(H,22,23);1H. The molecule has 1 atom stereocenters. The number of ether oxygens (including phenoxy) is 1. The zero-order valence-electron chi connectivity index (χ0n) is 16.6. The second kappa shape index (κ2) is 12.6. The highest BCUT2D eigenvalue weighted by molar-refractivity contribution is 14.0. The van der Waals surface area contributed by atoms with Gasteiger partial charge >= 0.3 is 0 Å². The molecule has 0 aliphatic carbocycles. The Hall–Kier alpha value is -0.860. The Balaban J connectivity index is 0.00000261. The van der Waals surface area contributed by atoms with Gasteiger partial charge in [-0.1, -0.05) is 30.3 Å². The first-order chi connectivity index (χ1) is 12.8. The SMILES string of the molecule is CN=C(NCCCN1CCCC1)N1CCC(COCc2ccccc2)C1.I. The van der Waals surface area contributed by atoms with E-state index in [2.05, 4.69) is 44.4 Å². The number of guanidine groups is 1. The van der Waals surface area contributed by atoms with Crippen molar-refractivity contribution in [2.24, 2.45) is 10.9 Å². The first-order valence-corrected chi connectivity index (χ1v) is 10.1. The summed E-state index contributed by atoms with van der Waals surface area (Å²) in [5, 5.41) is 3.55. The van der Waals surface area contributed by atoms with Crippen LogP contribution in [0.3, 0.4) is 0 Å². The fourth-order valence-electron chi connectivity index (χ4n) is 3.92. The molecule has 1 aromatic carbocycles. The molecular formula is C21H35IN4O. The van der Waals surface area contributed by atoms with E-state index in [1.165, 1.54) is 50.9 Å². The van der Waals surface area contributed by atoms with Crippen molar-refractivity contribution in [3.8, 4) is 0 Å². The molecule has 1 N–H and O–H groups in total. The van der Waals surface area contributed by atoms with Crippen molar-refractivity contribution in [2.75, 3.05) is 52.9 Å². The highest BCUT2D eigenvalue weighted by Crippen LogP contribution is 2.17. The summed E-state index contributed by atoms with van der Waals surface area (Å²) < 4.78 is 5.93. The van der Waals surface area contributed by atoms with Gasteiger partial charge in [0.1, 0.15) is 0 Å². The molecule has 6 heteroatoms. The lowest BCUT2D eigenvalue weighted by atomic mass is 10.1. The number of likely N-dealkylation sites (tertiary alicyclic amines) is 2. The van der Waals surface area contributed by atoms with Crippen molar-refractivity contribution in [1.29, 1.82) is 0 Å². The molecule has 152 valence electrons. The van der Waals surface area contributed by atoms with E-state index in [1.54, 1.807) is 0 Å². The molecule has 0 saturated carbocycles. The van der Waals surface area contributed by atoms with Crippen molar-refractivity contribution < 1.29 is 4.74 Å². The molecule has 0 radical (unpaired) electrons. The molecule has 0 bridgehead atoms. The summed E-state index contributed by atoms with van der Waals surface area (Å²) in [6, 6.07) is 10.4. The van der Waals surface area contributed by atoms with Crippen LogP contribution in [0.25, 0.3) is 0 Å². The van der Waals surface area contributed by atoms with E-state index >= 15 is 0 Å². The van der Waals surface area contributed by atoms with E-state index in [0.717, 1.165) is 32.2 Å². The van der Waals surface area contributed by atoms with E-state index in [0.29, 0.717) is 12.5 Å². The van der Waals surface area contributed by atoms with Crippen LogP contribution in [-0.4, -0.2) is 68.7 Å². The topological polar surface area (TPSA) is 40.1 Å². The zero-order chi connectivity index (χ0) is 18.0. The van der Waals surface area contributed by atoms with Gasteiger partial charge in [-0.15, -0.1) is 24.0 Å². The number of benzene rings is 1. The molecule has 1 aromatic rings. The number of hydrogen-bond donors (Lipinski definition) is 1. The third kappa shape index (κ3) is 7.58. The normalized spacial score (nSPS) is 20.7. The van der Waals surface area contributed by atoms with Gasteiger partial charge in [0.25, 0.3) is 0 Å². The van der Waals surface area contributed by atoms with Crippen molar-refractivity contribution in [1.82, 2.24) is 15.1 Å². The van der Waals surface area contributed by atoms with Crippen molar-refractivity contribution in [3.05, 3.63) is 35.9 Å².